The summed E-state index contributed by atoms with van der Waals surface area (Å²) in [5.41, 5.74) is 0.987. The van der Waals surface area contributed by atoms with Gasteiger partial charge in [-0.1, -0.05) is 11.3 Å². The molecule has 2 aromatic rings. The Kier molecular flexibility index (Phi) is 3.05. The van der Waals surface area contributed by atoms with E-state index in [1.165, 1.54) is 0 Å². The van der Waals surface area contributed by atoms with Gasteiger partial charge in [0.1, 0.15) is 5.75 Å². The molecule has 0 saturated carbocycles. The summed E-state index contributed by atoms with van der Waals surface area (Å²) in [6, 6.07) is 5.88. The van der Waals surface area contributed by atoms with Crippen molar-refractivity contribution in [1.82, 2.24) is 4.98 Å². The van der Waals surface area contributed by atoms with Crippen LogP contribution in [0.1, 0.15) is 0 Å². The smallest absolute Gasteiger partial charge is 0.277 e. The molecular formula is C11H14N3OS+. The van der Waals surface area contributed by atoms with Gasteiger partial charge in [-0.05, 0) is 18.2 Å². The Balaban J connectivity index is 2.32. The van der Waals surface area contributed by atoms with Crippen molar-refractivity contribution in [3.8, 4) is 5.75 Å². The van der Waals surface area contributed by atoms with Crippen LogP contribution < -0.4 is 10.1 Å². The summed E-state index contributed by atoms with van der Waals surface area (Å²) in [5.74, 6) is 0.860. The van der Waals surface area contributed by atoms with Crippen LogP contribution in [0.15, 0.2) is 18.2 Å². The summed E-state index contributed by atoms with van der Waals surface area (Å²) in [4.78, 5) is 4.45. The Morgan fingerprint density at radius 3 is 2.94 bits per heavy atom. The van der Waals surface area contributed by atoms with Crippen LogP contribution in [0.5, 0.6) is 5.75 Å². The summed E-state index contributed by atoms with van der Waals surface area (Å²) < 4.78 is 8.23. The first kappa shape index (κ1) is 10.9. The topological polar surface area (TPSA) is 37.2 Å². The molecular weight excluding hydrogens is 222 g/mol. The maximum atomic E-state index is 5.17. The lowest BCUT2D eigenvalue weighted by molar-refractivity contribution is -0.459. The Morgan fingerprint density at radius 1 is 1.44 bits per heavy atom. The van der Waals surface area contributed by atoms with Crippen LogP contribution in [0.2, 0.25) is 0 Å². The molecule has 4 nitrogen and oxygen atoms in total. The molecule has 0 fully saturated rings. The molecule has 0 atom stereocenters. The first-order valence-electron chi connectivity index (χ1n) is 4.90. The lowest BCUT2D eigenvalue weighted by Crippen LogP contribution is -2.06. The Hall–Kier alpha value is -1.62. The maximum absolute atomic E-state index is 5.17. The predicted molar refractivity (Wildman–Crippen MR) is 68.0 cm³/mol. The second-order valence-electron chi connectivity index (χ2n) is 3.59. The van der Waals surface area contributed by atoms with E-state index in [9.17, 15) is 0 Å². The van der Waals surface area contributed by atoms with Crippen molar-refractivity contribution < 1.29 is 9.31 Å². The molecule has 0 amide bonds. The lowest BCUT2D eigenvalue weighted by Gasteiger charge is -1.96. The largest absolute Gasteiger partial charge is 0.497 e. The van der Waals surface area contributed by atoms with Crippen LogP contribution in [0, 0.1) is 0 Å². The van der Waals surface area contributed by atoms with E-state index in [4.69, 9.17) is 4.74 Å². The average Bonchev–Trinajstić information content (AvgIpc) is 2.67. The normalized spacial score (nSPS) is 10.2. The van der Waals surface area contributed by atoms with Gasteiger partial charge in [0.2, 0.25) is 6.34 Å². The third-order valence-corrected chi connectivity index (χ3v) is 2.99. The number of nitrogens with one attached hydrogen (secondary N) is 1. The zero-order valence-corrected chi connectivity index (χ0v) is 10.3. The van der Waals surface area contributed by atoms with E-state index in [0.29, 0.717) is 0 Å². The Labute approximate surface area is 98.2 Å². The SMILES string of the molecule is COc1ccc2nc(NC=[N+](C)C)sc2c1. The molecule has 16 heavy (non-hydrogen) atoms. The van der Waals surface area contributed by atoms with Crippen LogP contribution in [0.25, 0.3) is 10.2 Å². The molecule has 2 rings (SSSR count). The summed E-state index contributed by atoms with van der Waals surface area (Å²) >= 11 is 1.61. The second kappa shape index (κ2) is 4.49. The fourth-order valence-electron chi connectivity index (χ4n) is 1.28. The molecule has 0 unspecified atom stereocenters. The first-order chi connectivity index (χ1) is 7.69. The molecule has 0 aliphatic heterocycles. The highest BCUT2D eigenvalue weighted by molar-refractivity contribution is 7.22. The van der Waals surface area contributed by atoms with Gasteiger partial charge in [0.15, 0.2) is 0 Å². The van der Waals surface area contributed by atoms with E-state index >= 15 is 0 Å². The zero-order chi connectivity index (χ0) is 11.5. The summed E-state index contributed by atoms with van der Waals surface area (Å²) in [5, 5.41) is 4.02. The molecule has 1 aromatic heterocycles. The van der Waals surface area contributed by atoms with Crippen molar-refractivity contribution >= 4 is 33.0 Å². The predicted octanol–water partition coefficient (Wildman–Crippen LogP) is 2.02. The van der Waals surface area contributed by atoms with E-state index in [2.05, 4.69) is 10.3 Å². The highest BCUT2D eigenvalue weighted by Gasteiger charge is 2.06. The molecule has 0 aliphatic rings. The van der Waals surface area contributed by atoms with Gasteiger partial charge in [-0.25, -0.2) is 5.32 Å². The van der Waals surface area contributed by atoms with E-state index in [-0.39, 0.29) is 0 Å². The number of anilines is 1. The number of hydrogen-bond donors (Lipinski definition) is 1. The number of methoxy groups -OCH3 is 1. The zero-order valence-electron chi connectivity index (χ0n) is 9.52. The fraction of sp³-hybridized carbons (Fsp3) is 0.273. The number of rotatable bonds is 3. The standard InChI is InChI=1S/C11H13N3OS/c1-14(2)7-12-11-13-9-5-4-8(15-3)6-10(9)16-11/h4-7H,1-3H3/p+1. The number of benzene rings is 1. The van der Waals surface area contributed by atoms with Crippen molar-refractivity contribution in [3.63, 3.8) is 0 Å². The molecule has 84 valence electrons. The quantitative estimate of drug-likeness (QED) is 0.503. The number of aromatic nitrogens is 1. The van der Waals surface area contributed by atoms with Gasteiger partial charge in [-0.15, -0.1) is 0 Å². The van der Waals surface area contributed by atoms with E-state index in [1.54, 1.807) is 18.4 Å². The van der Waals surface area contributed by atoms with Crippen molar-refractivity contribution in [1.29, 1.82) is 0 Å². The van der Waals surface area contributed by atoms with Crippen molar-refractivity contribution in [2.24, 2.45) is 0 Å². The lowest BCUT2D eigenvalue weighted by atomic mass is 10.3. The third-order valence-electron chi connectivity index (χ3n) is 2.04. The molecule has 1 heterocycles. The van der Waals surface area contributed by atoms with Gasteiger partial charge in [0, 0.05) is 0 Å². The van der Waals surface area contributed by atoms with Crippen LogP contribution >= 0.6 is 11.3 Å². The highest BCUT2D eigenvalue weighted by Crippen LogP contribution is 2.28. The van der Waals surface area contributed by atoms with Crippen LogP contribution in [0.4, 0.5) is 5.13 Å². The molecule has 0 radical (unpaired) electrons. The molecule has 0 bridgehead atoms. The molecule has 0 saturated heterocycles. The average molecular weight is 236 g/mol. The first-order valence-corrected chi connectivity index (χ1v) is 5.71. The number of thiazole rings is 1. The molecule has 0 spiro atoms. The highest BCUT2D eigenvalue weighted by atomic mass is 32.1. The summed E-state index contributed by atoms with van der Waals surface area (Å²) in [6.07, 6.45) is 1.87. The second-order valence-corrected chi connectivity index (χ2v) is 4.62. The minimum absolute atomic E-state index is 0.860. The van der Waals surface area contributed by atoms with Gasteiger partial charge in [-0.2, -0.15) is 4.98 Å². The number of fused-ring (bicyclic) bond motifs is 1. The molecule has 1 aromatic carbocycles. The summed E-state index contributed by atoms with van der Waals surface area (Å²) in [7, 11) is 5.59. The number of ether oxygens (including phenoxy) is 1. The van der Waals surface area contributed by atoms with Crippen LogP contribution in [-0.2, 0) is 0 Å². The fourth-order valence-corrected chi connectivity index (χ4v) is 2.14. The molecule has 5 heteroatoms. The molecule has 0 aliphatic carbocycles. The van der Waals surface area contributed by atoms with Crippen LogP contribution in [-0.4, -0.2) is 37.1 Å². The number of hydrogen-bond acceptors (Lipinski definition) is 3. The van der Waals surface area contributed by atoms with Crippen LogP contribution in [0.3, 0.4) is 0 Å². The number of nitrogens with zero attached hydrogens (tertiary/aromatic N) is 2. The van der Waals surface area contributed by atoms with Gasteiger partial charge in [-0.3, -0.25) is 4.58 Å². The van der Waals surface area contributed by atoms with Gasteiger partial charge < -0.3 is 4.74 Å². The van der Waals surface area contributed by atoms with Gasteiger partial charge in [0.25, 0.3) is 5.13 Å². The molecule has 1 N–H and O–H groups in total. The van der Waals surface area contributed by atoms with E-state index in [1.807, 2.05) is 43.2 Å². The Morgan fingerprint density at radius 2 is 2.25 bits per heavy atom. The minimum atomic E-state index is 0.860. The summed E-state index contributed by atoms with van der Waals surface area (Å²) in [6.45, 7) is 0. The minimum Gasteiger partial charge on any atom is -0.497 e. The van der Waals surface area contributed by atoms with Crippen molar-refractivity contribution in [2.75, 3.05) is 26.5 Å². The third kappa shape index (κ3) is 2.30. The van der Waals surface area contributed by atoms with E-state index in [0.717, 1.165) is 21.1 Å². The van der Waals surface area contributed by atoms with Gasteiger partial charge in [0.05, 0.1) is 31.4 Å². The Bertz CT molecular complexity index is 529. The van der Waals surface area contributed by atoms with E-state index < -0.39 is 0 Å². The van der Waals surface area contributed by atoms with Crippen molar-refractivity contribution in [3.05, 3.63) is 18.2 Å². The van der Waals surface area contributed by atoms with Crippen molar-refractivity contribution in [2.45, 2.75) is 0 Å². The maximum Gasteiger partial charge on any atom is 0.277 e. The van der Waals surface area contributed by atoms with Gasteiger partial charge >= 0.3 is 0 Å². The monoisotopic (exact) mass is 236 g/mol.